The highest BCUT2D eigenvalue weighted by Crippen LogP contribution is 2.36. The number of aryl methyl sites for hydroxylation is 1. The lowest BCUT2D eigenvalue weighted by Crippen LogP contribution is -2.52. The number of hydrogen-bond acceptors (Lipinski definition) is 6. The van der Waals surface area contributed by atoms with E-state index in [1.165, 1.54) is 4.90 Å². The van der Waals surface area contributed by atoms with Gasteiger partial charge >= 0.3 is 7.12 Å². The number of primary amides is 1. The lowest BCUT2D eigenvalue weighted by atomic mass is 9.77. The van der Waals surface area contributed by atoms with E-state index >= 15 is 0 Å². The molecule has 0 radical (unpaired) electrons. The number of nitrogens with two attached hydrogens (primary N) is 1. The van der Waals surface area contributed by atoms with Crippen molar-refractivity contribution in [2.45, 2.75) is 77.2 Å². The van der Waals surface area contributed by atoms with Gasteiger partial charge in [0.2, 0.25) is 17.7 Å². The molecule has 2 saturated heterocycles. The molecule has 40 heavy (non-hydrogen) atoms. The van der Waals surface area contributed by atoms with E-state index in [1.54, 1.807) is 24.3 Å². The Hall–Kier alpha value is -3.94. The molecule has 0 aliphatic carbocycles. The van der Waals surface area contributed by atoms with Crippen LogP contribution >= 0.6 is 0 Å². The topological polar surface area (TPSA) is 128 Å². The van der Waals surface area contributed by atoms with Gasteiger partial charge in [-0.1, -0.05) is 30.0 Å². The summed E-state index contributed by atoms with van der Waals surface area (Å²) in [7, 11) is -0.562. The quantitative estimate of drug-likeness (QED) is 0.338. The number of nitrogens with one attached hydrogen (secondary N) is 1. The molecule has 0 spiro atoms. The third-order valence-electron chi connectivity index (χ3n) is 8.24. The lowest BCUT2D eigenvalue weighted by Gasteiger charge is -2.32. The average molecular weight is 541 g/mol. The van der Waals surface area contributed by atoms with Crippen molar-refractivity contribution in [1.29, 1.82) is 0 Å². The number of piperidine rings is 1. The molecule has 206 valence electrons. The maximum atomic E-state index is 13.1. The highest BCUT2D eigenvalue weighted by Gasteiger charge is 2.51. The second-order valence-electron chi connectivity index (χ2n) is 11.4. The number of amides is 4. The number of carbonyl (C=O) groups excluding carboxylic acids is 4. The normalized spacial score (nSPS) is 21.1. The number of fused-ring (bicyclic) bond motifs is 1. The molecule has 5 rings (SSSR count). The molecule has 4 amide bonds. The second kappa shape index (κ2) is 10.2. The molecule has 3 heterocycles. The van der Waals surface area contributed by atoms with Crippen LogP contribution in [-0.4, -0.2) is 52.9 Å². The number of benzene rings is 2. The molecule has 9 nitrogen and oxygen atoms in total. The van der Waals surface area contributed by atoms with Crippen molar-refractivity contribution in [3.05, 3.63) is 64.2 Å². The monoisotopic (exact) mass is 541 g/mol. The van der Waals surface area contributed by atoms with Gasteiger partial charge in [-0.15, -0.1) is 0 Å². The van der Waals surface area contributed by atoms with Crippen LogP contribution in [0.1, 0.15) is 84.4 Å². The van der Waals surface area contributed by atoms with E-state index in [2.05, 4.69) is 17.2 Å². The Morgan fingerprint density at radius 3 is 2.52 bits per heavy atom. The Morgan fingerprint density at radius 1 is 1.12 bits per heavy atom. The number of nitrogens with zero attached hydrogens (tertiary/aromatic N) is 1. The Bertz CT molecular complexity index is 1470. The molecule has 0 bridgehead atoms. The summed E-state index contributed by atoms with van der Waals surface area (Å²) in [4.78, 5) is 50.6. The number of hydrogen-bond donors (Lipinski definition) is 2. The number of carbonyl (C=O) groups is 4. The van der Waals surface area contributed by atoms with Crippen molar-refractivity contribution in [1.82, 2.24) is 10.2 Å². The average Bonchev–Trinajstić information content (AvgIpc) is 3.33. The first-order valence-corrected chi connectivity index (χ1v) is 13.4. The summed E-state index contributed by atoms with van der Waals surface area (Å²) in [5.41, 5.74) is 8.65. The molecule has 0 saturated carbocycles. The molecule has 0 aromatic heterocycles. The highest BCUT2D eigenvalue weighted by molar-refractivity contribution is 6.62. The van der Waals surface area contributed by atoms with Gasteiger partial charge in [0.05, 0.1) is 11.2 Å². The summed E-state index contributed by atoms with van der Waals surface area (Å²) in [6, 6.07) is 10.1. The first-order chi connectivity index (χ1) is 18.9. The predicted molar refractivity (Wildman–Crippen MR) is 148 cm³/mol. The van der Waals surface area contributed by atoms with Crippen LogP contribution in [0.25, 0.3) is 0 Å². The molecule has 10 heteroatoms. The lowest BCUT2D eigenvalue weighted by molar-refractivity contribution is -0.136. The molecule has 2 aromatic carbocycles. The summed E-state index contributed by atoms with van der Waals surface area (Å²) < 4.78 is 12.3. The van der Waals surface area contributed by atoms with Crippen molar-refractivity contribution in [3.8, 4) is 11.8 Å². The van der Waals surface area contributed by atoms with Crippen LogP contribution in [0.3, 0.4) is 0 Å². The van der Waals surface area contributed by atoms with E-state index in [0.717, 1.165) is 16.6 Å². The first kappa shape index (κ1) is 27.6. The van der Waals surface area contributed by atoms with Crippen molar-refractivity contribution >= 4 is 36.2 Å². The Balaban J connectivity index is 1.32. The van der Waals surface area contributed by atoms with Crippen LogP contribution in [0.4, 0.5) is 0 Å². The van der Waals surface area contributed by atoms with Gasteiger partial charge in [-0.3, -0.25) is 24.5 Å². The smallest absolute Gasteiger partial charge is 0.399 e. The minimum atomic E-state index is -0.679. The van der Waals surface area contributed by atoms with Gasteiger partial charge in [-0.05, 0) is 75.3 Å². The van der Waals surface area contributed by atoms with Gasteiger partial charge in [0, 0.05) is 36.1 Å². The maximum absolute atomic E-state index is 13.1. The fraction of sp³-hybridized carbons (Fsp3) is 0.400. The minimum absolute atomic E-state index is 0.201. The Kier molecular flexibility index (Phi) is 7.07. The van der Waals surface area contributed by atoms with Crippen LogP contribution < -0.4 is 16.5 Å². The van der Waals surface area contributed by atoms with Crippen LogP contribution in [0.5, 0.6) is 0 Å². The fourth-order valence-electron chi connectivity index (χ4n) is 5.24. The minimum Gasteiger partial charge on any atom is -0.399 e. The number of rotatable bonds is 5. The van der Waals surface area contributed by atoms with E-state index in [1.807, 2.05) is 39.8 Å². The first-order valence-electron chi connectivity index (χ1n) is 13.4. The fourth-order valence-corrected chi connectivity index (χ4v) is 5.24. The third-order valence-corrected chi connectivity index (χ3v) is 8.24. The molecule has 3 N–H and O–H groups in total. The van der Waals surface area contributed by atoms with E-state index in [9.17, 15) is 19.2 Å². The maximum Gasteiger partial charge on any atom is 0.494 e. The highest BCUT2D eigenvalue weighted by atomic mass is 16.7. The van der Waals surface area contributed by atoms with Gasteiger partial charge in [-0.25, -0.2) is 0 Å². The van der Waals surface area contributed by atoms with Crippen LogP contribution in [0, 0.1) is 11.8 Å². The molecular formula is C30H32BN3O6. The van der Waals surface area contributed by atoms with Crippen LogP contribution in [0.2, 0.25) is 0 Å². The predicted octanol–water partition coefficient (Wildman–Crippen LogP) is 1.83. The van der Waals surface area contributed by atoms with Gasteiger partial charge in [0.15, 0.2) is 0 Å². The van der Waals surface area contributed by atoms with Crippen molar-refractivity contribution in [2.24, 2.45) is 5.73 Å². The van der Waals surface area contributed by atoms with E-state index in [4.69, 9.17) is 15.0 Å². The summed E-state index contributed by atoms with van der Waals surface area (Å²) in [5, 5.41) is 2.32. The van der Waals surface area contributed by atoms with Crippen molar-refractivity contribution in [2.75, 3.05) is 0 Å². The third kappa shape index (κ3) is 5.03. The van der Waals surface area contributed by atoms with Crippen molar-refractivity contribution < 1.29 is 28.5 Å². The summed E-state index contributed by atoms with van der Waals surface area (Å²) in [6.07, 6.45) is 1.43. The molecule has 1 unspecified atom stereocenters. The van der Waals surface area contributed by atoms with Gasteiger partial charge in [0.1, 0.15) is 6.04 Å². The van der Waals surface area contributed by atoms with Crippen LogP contribution in [0.15, 0.2) is 36.4 Å². The van der Waals surface area contributed by atoms with Gasteiger partial charge < -0.3 is 19.9 Å². The largest absolute Gasteiger partial charge is 0.494 e. The zero-order valence-electron chi connectivity index (χ0n) is 23.1. The Morgan fingerprint density at radius 2 is 1.85 bits per heavy atom. The standard InChI is InChI=1S/C30H32BN3O6/c1-29(2)30(3,4)40-31(39-29)20-12-13-21(26(32)36)19(16-20)9-6-5-8-18-10-7-11-22-23(18)17-34(28(22)38)24-14-15-25(35)33-27(24)37/h7,10-13,16,24H,6,9,14-15,17H2,1-4H3,(H2,32,36)(H,33,35,37). The molecular weight excluding hydrogens is 509 g/mol. The molecule has 1 atom stereocenters. The van der Waals surface area contributed by atoms with Gasteiger partial charge in [-0.2, -0.15) is 0 Å². The summed E-state index contributed by atoms with van der Waals surface area (Å²) in [6.45, 7) is 8.20. The molecule has 2 fully saturated rings. The SMILES string of the molecule is CC1(C)OB(c2ccc(C(N)=O)c(CCC#Cc3cccc4c3CN(C3CCC(=O)NC3=O)C4=O)c2)OC1(C)C. The van der Waals surface area contributed by atoms with E-state index in [-0.39, 0.29) is 24.8 Å². The second-order valence-corrected chi connectivity index (χ2v) is 11.4. The Labute approximate surface area is 233 Å². The molecule has 3 aliphatic heterocycles. The summed E-state index contributed by atoms with van der Waals surface area (Å²) >= 11 is 0. The van der Waals surface area contributed by atoms with E-state index in [0.29, 0.717) is 36.0 Å². The van der Waals surface area contributed by atoms with Gasteiger partial charge in [0.25, 0.3) is 5.91 Å². The zero-order valence-corrected chi connectivity index (χ0v) is 23.1. The molecule has 3 aliphatic rings. The number of imide groups is 1. The van der Waals surface area contributed by atoms with Crippen LogP contribution in [-0.2, 0) is 31.9 Å². The zero-order chi connectivity index (χ0) is 28.8. The summed E-state index contributed by atoms with van der Waals surface area (Å²) in [5.74, 6) is 4.81. The van der Waals surface area contributed by atoms with Crippen molar-refractivity contribution in [3.63, 3.8) is 0 Å². The molecule has 2 aromatic rings. The van der Waals surface area contributed by atoms with E-state index < -0.39 is 36.2 Å².